The zero-order valence-electron chi connectivity index (χ0n) is 18.6. The van der Waals surface area contributed by atoms with E-state index in [1.807, 2.05) is 6.92 Å². The molecule has 2 saturated carbocycles. The molecule has 156 valence electrons. The van der Waals surface area contributed by atoms with Gasteiger partial charge in [0.05, 0.1) is 12.2 Å². The second-order valence-corrected chi connectivity index (χ2v) is 10.3. The summed E-state index contributed by atoms with van der Waals surface area (Å²) in [6, 6.07) is 0. The smallest absolute Gasteiger partial charge is 0.306 e. The minimum Gasteiger partial charge on any atom is -0.466 e. The van der Waals surface area contributed by atoms with Gasteiger partial charge in [0, 0.05) is 6.42 Å². The van der Waals surface area contributed by atoms with Crippen molar-refractivity contribution >= 4 is 5.97 Å². The number of carbonyl (C=O) groups excluding carboxylic acids is 1. The highest BCUT2D eigenvalue weighted by atomic mass is 16.5. The lowest BCUT2D eigenvalue weighted by molar-refractivity contribution is -0.168. The highest BCUT2D eigenvalue weighted by molar-refractivity contribution is 5.69. The van der Waals surface area contributed by atoms with Crippen molar-refractivity contribution < 1.29 is 14.6 Å². The summed E-state index contributed by atoms with van der Waals surface area (Å²) >= 11 is 0. The van der Waals surface area contributed by atoms with Gasteiger partial charge in [-0.25, -0.2) is 0 Å². The van der Waals surface area contributed by atoms with Gasteiger partial charge in [0.15, 0.2) is 0 Å². The fraction of sp³-hybridized carbons (Fsp3) is 0.875. The molecule has 0 spiro atoms. The molecule has 0 bridgehead atoms. The van der Waals surface area contributed by atoms with Crippen LogP contribution < -0.4 is 0 Å². The van der Waals surface area contributed by atoms with Crippen molar-refractivity contribution in [3.05, 3.63) is 11.6 Å². The molecule has 0 aromatic rings. The van der Waals surface area contributed by atoms with Gasteiger partial charge >= 0.3 is 5.97 Å². The topological polar surface area (TPSA) is 46.5 Å². The number of hydrogen-bond acceptors (Lipinski definition) is 3. The van der Waals surface area contributed by atoms with E-state index in [-0.39, 0.29) is 11.4 Å². The molecule has 1 N–H and O–H groups in total. The predicted molar refractivity (Wildman–Crippen MR) is 111 cm³/mol. The average Bonchev–Trinajstić information content (AvgIpc) is 2.53. The summed E-state index contributed by atoms with van der Waals surface area (Å²) in [5.41, 5.74) is 1.38. The molecule has 2 fully saturated rings. The minimum absolute atomic E-state index is 0.114. The van der Waals surface area contributed by atoms with E-state index in [0.29, 0.717) is 30.3 Å². The van der Waals surface area contributed by atoms with Crippen LogP contribution in [-0.2, 0) is 9.53 Å². The molecule has 0 aromatic carbocycles. The number of carbonyl (C=O) groups is 1. The Kier molecular flexibility index (Phi) is 7.22. The summed E-state index contributed by atoms with van der Waals surface area (Å²) in [6.45, 7) is 13.9. The van der Waals surface area contributed by atoms with Crippen molar-refractivity contribution in [2.45, 2.75) is 105 Å². The quantitative estimate of drug-likeness (QED) is 0.433. The maximum Gasteiger partial charge on any atom is 0.306 e. The van der Waals surface area contributed by atoms with E-state index < -0.39 is 5.60 Å². The summed E-state index contributed by atoms with van der Waals surface area (Å²) < 4.78 is 5.00. The Bertz CT molecular complexity index is 546. The number of allylic oxidation sites excluding steroid dienone is 2. The molecule has 2 aliphatic carbocycles. The van der Waals surface area contributed by atoms with E-state index in [4.69, 9.17) is 4.74 Å². The second kappa shape index (κ2) is 8.68. The third kappa shape index (κ3) is 5.16. The van der Waals surface area contributed by atoms with Gasteiger partial charge in [0.2, 0.25) is 0 Å². The Morgan fingerprint density at radius 3 is 2.52 bits per heavy atom. The molecule has 0 aliphatic heterocycles. The van der Waals surface area contributed by atoms with E-state index in [0.717, 1.165) is 32.1 Å². The fourth-order valence-corrected chi connectivity index (χ4v) is 6.41. The normalized spacial score (nSPS) is 36.2. The standard InChI is InChI=1S/C24H42O3/c1-7-27-21(25)11-8-10-18(2)12-13-20-23(5)16-9-15-22(3,4)19(23)14-17-24(20,6)26/h10,19-20,26H,7-9,11-17H2,1-6H3/b18-10+/t19-,20+,23-,24+/m0/s1. The lowest BCUT2D eigenvalue weighted by Gasteiger charge is -2.61. The molecule has 0 aromatic heterocycles. The molecule has 2 rings (SSSR count). The number of esters is 1. The SMILES string of the molecule is CCOC(=O)CC/C=C(\C)CC[C@@H]1[C@@]2(C)CCCC(C)(C)[C@@H]2CC[C@@]1(C)O. The van der Waals surface area contributed by atoms with Gasteiger partial charge in [-0.2, -0.15) is 0 Å². The van der Waals surface area contributed by atoms with Gasteiger partial charge in [0.1, 0.15) is 0 Å². The first-order valence-electron chi connectivity index (χ1n) is 11.1. The minimum atomic E-state index is -0.566. The van der Waals surface area contributed by atoms with E-state index in [2.05, 4.69) is 40.7 Å². The first kappa shape index (κ1) is 22.5. The van der Waals surface area contributed by atoms with Crippen LogP contribution in [0.5, 0.6) is 0 Å². The van der Waals surface area contributed by atoms with Crippen LogP contribution in [-0.4, -0.2) is 23.3 Å². The van der Waals surface area contributed by atoms with Crippen LogP contribution >= 0.6 is 0 Å². The number of ether oxygens (including phenoxy) is 1. The summed E-state index contributed by atoms with van der Waals surface area (Å²) in [5, 5.41) is 11.2. The van der Waals surface area contributed by atoms with E-state index in [1.165, 1.54) is 24.8 Å². The van der Waals surface area contributed by atoms with Crippen LogP contribution in [0.1, 0.15) is 99.3 Å². The summed E-state index contributed by atoms with van der Waals surface area (Å²) in [6.07, 6.45) is 11.3. The van der Waals surface area contributed by atoms with Gasteiger partial charge in [0.25, 0.3) is 0 Å². The largest absolute Gasteiger partial charge is 0.466 e. The third-order valence-electron chi connectivity index (χ3n) is 7.74. The van der Waals surface area contributed by atoms with Crippen LogP contribution in [0.3, 0.4) is 0 Å². The number of fused-ring (bicyclic) bond motifs is 1. The van der Waals surface area contributed by atoms with Crippen LogP contribution in [0.2, 0.25) is 0 Å². The highest BCUT2D eigenvalue weighted by Crippen LogP contribution is 2.62. The van der Waals surface area contributed by atoms with Crippen LogP contribution in [0.4, 0.5) is 0 Å². The monoisotopic (exact) mass is 378 g/mol. The summed E-state index contributed by atoms with van der Waals surface area (Å²) in [4.78, 5) is 11.5. The first-order valence-corrected chi connectivity index (χ1v) is 11.1. The molecule has 0 amide bonds. The Balaban J connectivity index is 2.03. The van der Waals surface area contributed by atoms with E-state index in [1.54, 1.807) is 0 Å². The number of aliphatic hydroxyl groups is 1. The van der Waals surface area contributed by atoms with Gasteiger partial charge < -0.3 is 9.84 Å². The highest BCUT2D eigenvalue weighted by Gasteiger charge is 2.57. The summed E-state index contributed by atoms with van der Waals surface area (Å²) in [5.74, 6) is 0.936. The Morgan fingerprint density at radius 2 is 1.85 bits per heavy atom. The lowest BCUT2D eigenvalue weighted by Crippen LogP contribution is -2.57. The zero-order chi connectivity index (χ0) is 20.3. The van der Waals surface area contributed by atoms with Crippen molar-refractivity contribution in [1.82, 2.24) is 0 Å². The lowest BCUT2D eigenvalue weighted by atomic mass is 9.45. The zero-order valence-corrected chi connectivity index (χ0v) is 18.6. The molecule has 3 heteroatoms. The first-order chi connectivity index (χ1) is 12.5. The Hall–Kier alpha value is -0.830. The van der Waals surface area contributed by atoms with E-state index >= 15 is 0 Å². The maximum atomic E-state index is 11.5. The second-order valence-electron chi connectivity index (χ2n) is 10.3. The number of rotatable bonds is 7. The molecular formula is C24H42O3. The van der Waals surface area contributed by atoms with Crippen LogP contribution in [0.15, 0.2) is 11.6 Å². The predicted octanol–water partition coefficient (Wildman–Crippen LogP) is 6.05. The molecule has 3 nitrogen and oxygen atoms in total. The fourth-order valence-electron chi connectivity index (χ4n) is 6.41. The molecule has 0 unspecified atom stereocenters. The van der Waals surface area contributed by atoms with Gasteiger partial charge in [-0.1, -0.05) is 38.8 Å². The Labute approximate surface area is 167 Å². The molecule has 0 saturated heterocycles. The molecule has 2 aliphatic rings. The maximum absolute atomic E-state index is 11.5. The van der Waals surface area contributed by atoms with Gasteiger partial charge in [-0.3, -0.25) is 4.79 Å². The number of hydrogen-bond donors (Lipinski definition) is 1. The van der Waals surface area contributed by atoms with Crippen molar-refractivity contribution in [3.8, 4) is 0 Å². The van der Waals surface area contributed by atoms with Crippen molar-refractivity contribution in [2.75, 3.05) is 6.61 Å². The van der Waals surface area contributed by atoms with Crippen molar-refractivity contribution in [3.63, 3.8) is 0 Å². The average molecular weight is 379 g/mol. The third-order valence-corrected chi connectivity index (χ3v) is 7.74. The Morgan fingerprint density at radius 1 is 1.15 bits per heavy atom. The molecule has 0 heterocycles. The molecule has 0 radical (unpaired) electrons. The van der Waals surface area contributed by atoms with Crippen LogP contribution in [0.25, 0.3) is 0 Å². The van der Waals surface area contributed by atoms with Crippen LogP contribution in [0, 0.1) is 22.7 Å². The van der Waals surface area contributed by atoms with Gasteiger partial charge in [-0.15, -0.1) is 0 Å². The molecule has 27 heavy (non-hydrogen) atoms. The summed E-state index contributed by atoms with van der Waals surface area (Å²) in [7, 11) is 0. The molecule has 4 atom stereocenters. The van der Waals surface area contributed by atoms with Crippen molar-refractivity contribution in [1.29, 1.82) is 0 Å². The molecular weight excluding hydrogens is 336 g/mol. The van der Waals surface area contributed by atoms with E-state index in [9.17, 15) is 9.90 Å². The van der Waals surface area contributed by atoms with Crippen molar-refractivity contribution in [2.24, 2.45) is 22.7 Å². The van der Waals surface area contributed by atoms with Gasteiger partial charge in [-0.05, 0) is 88.4 Å².